The monoisotopic (exact) mass is 296 g/mol. The summed E-state index contributed by atoms with van der Waals surface area (Å²) in [5.41, 5.74) is 2.40. The number of carbonyl (C=O) groups is 1. The van der Waals surface area contributed by atoms with Crippen molar-refractivity contribution in [2.75, 3.05) is 0 Å². The number of amides is 1. The quantitative estimate of drug-likeness (QED) is 0.907. The minimum absolute atomic E-state index is 0.101. The van der Waals surface area contributed by atoms with Gasteiger partial charge in [0.15, 0.2) is 0 Å². The molecule has 1 aromatic rings. The summed E-state index contributed by atoms with van der Waals surface area (Å²) in [5, 5.41) is 12.3. The summed E-state index contributed by atoms with van der Waals surface area (Å²) in [6.45, 7) is 2.13. The second-order valence-corrected chi connectivity index (χ2v) is 6.85. The SMILES string of the molecule is CCc1ccc(C[C@@H](C#N)NC(=O)[C@H]2C[C@@H]3CC[C@H]2C3)cc1. The van der Waals surface area contributed by atoms with Crippen molar-refractivity contribution in [3.63, 3.8) is 0 Å². The second kappa shape index (κ2) is 6.52. The number of benzene rings is 1. The zero-order chi connectivity index (χ0) is 15.5. The van der Waals surface area contributed by atoms with Crippen LogP contribution in [0.5, 0.6) is 0 Å². The van der Waals surface area contributed by atoms with Crippen molar-refractivity contribution < 1.29 is 4.79 Å². The maximum absolute atomic E-state index is 12.4. The Balaban J connectivity index is 1.57. The van der Waals surface area contributed by atoms with Crippen LogP contribution in [0.15, 0.2) is 24.3 Å². The molecule has 3 rings (SSSR count). The van der Waals surface area contributed by atoms with E-state index in [0.717, 1.165) is 24.3 Å². The van der Waals surface area contributed by atoms with Gasteiger partial charge < -0.3 is 5.32 Å². The first-order chi connectivity index (χ1) is 10.7. The minimum atomic E-state index is -0.417. The van der Waals surface area contributed by atoms with Crippen LogP contribution in [0.3, 0.4) is 0 Å². The van der Waals surface area contributed by atoms with Gasteiger partial charge in [-0.3, -0.25) is 4.79 Å². The minimum Gasteiger partial charge on any atom is -0.340 e. The second-order valence-electron chi connectivity index (χ2n) is 6.85. The molecule has 0 aromatic heterocycles. The lowest BCUT2D eigenvalue weighted by Gasteiger charge is -2.22. The average Bonchev–Trinajstić information content (AvgIpc) is 3.18. The molecule has 1 N–H and O–H groups in total. The number of carbonyl (C=O) groups excluding carboxylic acids is 1. The Labute approximate surface area is 132 Å². The molecular formula is C19H24N2O. The Bertz CT molecular complexity index is 572. The predicted molar refractivity (Wildman–Crippen MR) is 86.0 cm³/mol. The highest BCUT2D eigenvalue weighted by atomic mass is 16.2. The van der Waals surface area contributed by atoms with Gasteiger partial charge in [-0.05, 0) is 48.6 Å². The highest BCUT2D eigenvalue weighted by molar-refractivity contribution is 5.80. The van der Waals surface area contributed by atoms with Gasteiger partial charge in [0.2, 0.25) is 5.91 Å². The highest BCUT2D eigenvalue weighted by Gasteiger charge is 2.43. The fourth-order valence-electron chi connectivity index (χ4n) is 4.12. The van der Waals surface area contributed by atoms with Crippen molar-refractivity contribution in [1.82, 2.24) is 5.32 Å². The first-order valence-corrected chi connectivity index (χ1v) is 8.47. The van der Waals surface area contributed by atoms with Crippen molar-refractivity contribution in [2.45, 2.75) is 51.5 Å². The van der Waals surface area contributed by atoms with Crippen LogP contribution in [0.4, 0.5) is 0 Å². The van der Waals surface area contributed by atoms with Crippen LogP contribution in [0.25, 0.3) is 0 Å². The van der Waals surface area contributed by atoms with Crippen LogP contribution in [0.2, 0.25) is 0 Å². The Morgan fingerprint density at radius 1 is 1.27 bits per heavy atom. The Hall–Kier alpha value is -1.82. The molecule has 0 spiro atoms. The number of fused-ring (bicyclic) bond motifs is 2. The summed E-state index contributed by atoms with van der Waals surface area (Å²) in [6.07, 6.45) is 6.34. The van der Waals surface area contributed by atoms with Crippen LogP contribution in [-0.2, 0) is 17.6 Å². The van der Waals surface area contributed by atoms with E-state index in [4.69, 9.17) is 0 Å². The van der Waals surface area contributed by atoms with Crippen LogP contribution < -0.4 is 5.32 Å². The Morgan fingerprint density at radius 3 is 2.55 bits per heavy atom. The molecule has 2 bridgehead atoms. The zero-order valence-electron chi connectivity index (χ0n) is 13.2. The summed E-state index contributed by atoms with van der Waals surface area (Å²) in [6, 6.07) is 10.2. The number of nitrogens with one attached hydrogen (secondary N) is 1. The van der Waals surface area contributed by atoms with Gasteiger partial charge in [-0.1, -0.05) is 37.6 Å². The molecule has 0 unspecified atom stereocenters. The summed E-state index contributed by atoms with van der Waals surface area (Å²) in [5.74, 6) is 1.57. The molecule has 0 heterocycles. The number of hydrogen-bond acceptors (Lipinski definition) is 2. The molecule has 0 radical (unpaired) electrons. The maximum atomic E-state index is 12.4. The van der Waals surface area contributed by atoms with E-state index in [1.807, 2.05) is 0 Å². The first-order valence-electron chi connectivity index (χ1n) is 8.47. The van der Waals surface area contributed by atoms with E-state index in [1.54, 1.807) is 0 Å². The van der Waals surface area contributed by atoms with Crippen LogP contribution in [0, 0.1) is 29.1 Å². The molecular weight excluding hydrogens is 272 g/mol. The van der Waals surface area contributed by atoms with E-state index in [1.165, 1.54) is 24.8 Å². The molecule has 0 saturated heterocycles. The van der Waals surface area contributed by atoms with E-state index < -0.39 is 6.04 Å². The average molecular weight is 296 g/mol. The van der Waals surface area contributed by atoms with Crippen LogP contribution in [-0.4, -0.2) is 11.9 Å². The topological polar surface area (TPSA) is 52.9 Å². The fourth-order valence-corrected chi connectivity index (χ4v) is 4.12. The number of nitriles is 1. The molecule has 2 aliphatic carbocycles. The number of nitrogens with zero attached hydrogens (tertiary/aromatic N) is 1. The van der Waals surface area contributed by atoms with E-state index in [-0.39, 0.29) is 11.8 Å². The van der Waals surface area contributed by atoms with E-state index in [2.05, 4.69) is 42.6 Å². The lowest BCUT2D eigenvalue weighted by molar-refractivity contribution is -0.126. The van der Waals surface area contributed by atoms with Crippen molar-refractivity contribution in [3.05, 3.63) is 35.4 Å². The van der Waals surface area contributed by atoms with Crippen molar-refractivity contribution >= 4 is 5.91 Å². The van der Waals surface area contributed by atoms with E-state index >= 15 is 0 Å². The largest absolute Gasteiger partial charge is 0.340 e. The molecule has 2 fully saturated rings. The van der Waals surface area contributed by atoms with Gasteiger partial charge in [-0.15, -0.1) is 0 Å². The molecule has 3 nitrogen and oxygen atoms in total. The standard InChI is InChI=1S/C19H24N2O/c1-2-13-3-5-14(6-4-13)10-17(12-20)21-19(22)18-11-15-7-8-16(18)9-15/h3-6,15-18H,2,7-11H2,1H3,(H,21,22)/t15-,16+,17+,18+/m1/s1. The summed E-state index contributed by atoms with van der Waals surface area (Å²) in [7, 11) is 0. The fraction of sp³-hybridized carbons (Fsp3) is 0.579. The summed E-state index contributed by atoms with van der Waals surface area (Å²) >= 11 is 0. The lowest BCUT2D eigenvalue weighted by Crippen LogP contribution is -2.40. The van der Waals surface area contributed by atoms with Gasteiger partial charge in [0, 0.05) is 12.3 Å². The molecule has 116 valence electrons. The van der Waals surface area contributed by atoms with Gasteiger partial charge in [-0.2, -0.15) is 5.26 Å². The highest BCUT2D eigenvalue weighted by Crippen LogP contribution is 2.48. The molecule has 0 aliphatic heterocycles. The molecule has 1 amide bonds. The molecule has 22 heavy (non-hydrogen) atoms. The number of rotatable bonds is 5. The number of hydrogen-bond donors (Lipinski definition) is 1. The zero-order valence-corrected chi connectivity index (χ0v) is 13.2. The van der Waals surface area contributed by atoms with Crippen LogP contribution in [0.1, 0.15) is 43.7 Å². The summed E-state index contributed by atoms with van der Waals surface area (Å²) in [4.78, 5) is 12.4. The van der Waals surface area contributed by atoms with E-state index in [9.17, 15) is 10.1 Å². The first kappa shape index (κ1) is 15.1. The molecule has 2 aliphatic rings. The van der Waals surface area contributed by atoms with Gasteiger partial charge >= 0.3 is 0 Å². The Morgan fingerprint density at radius 2 is 2.00 bits per heavy atom. The molecule has 1 aromatic carbocycles. The molecule has 3 heteroatoms. The van der Waals surface area contributed by atoms with Gasteiger partial charge in [0.1, 0.15) is 6.04 Å². The third kappa shape index (κ3) is 3.16. The van der Waals surface area contributed by atoms with Crippen molar-refractivity contribution in [3.8, 4) is 6.07 Å². The molecule has 4 atom stereocenters. The third-order valence-electron chi connectivity index (χ3n) is 5.42. The van der Waals surface area contributed by atoms with Gasteiger partial charge in [0.05, 0.1) is 6.07 Å². The number of aryl methyl sites for hydroxylation is 1. The maximum Gasteiger partial charge on any atom is 0.224 e. The Kier molecular flexibility index (Phi) is 4.47. The smallest absolute Gasteiger partial charge is 0.224 e. The van der Waals surface area contributed by atoms with E-state index in [0.29, 0.717) is 12.3 Å². The third-order valence-corrected chi connectivity index (χ3v) is 5.42. The lowest BCUT2D eigenvalue weighted by atomic mass is 9.88. The van der Waals surface area contributed by atoms with Crippen LogP contribution >= 0.6 is 0 Å². The molecule has 2 saturated carbocycles. The summed E-state index contributed by atoms with van der Waals surface area (Å²) < 4.78 is 0. The van der Waals surface area contributed by atoms with Gasteiger partial charge in [0.25, 0.3) is 0 Å². The normalized spacial score (nSPS) is 27.4. The van der Waals surface area contributed by atoms with Crippen molar-refractivity contribution in [2.24, 2.45) is 17.8 Å². The van der Waals surface area contributed by atoms with Crippen molar-refractivity contribution in [1.29, 1.82) is 5.26 Å². The predicted octanol–water partition coefficient (Wildman–Crippen LogP) is 3.24. The van der Waals surface area contributed by atoms with Gasteiger partial charge in [-0.25, -0.2) is 0 Å².